The summed E-state index contributed by atoms with van der Waals surface area (Å²) in [5.74, 6) is -0.204. The molecule has 0 radical (unpaired) electrons. The second-order valence-corrected chi connectivity index (χ2v) is 15.8. The van der Waals surface area contributed by atoms with Gasteiger partial charge in [0.25, 0.3) is 0 Å². The molecule has 1 N–H and O–H groups in total. The van der Waals surface area contributed by atoms with E-state index in [1.165, 1.54) is 186 Å². The molecule has 0 aromatic heterocycles. The molecule has 0 saturated heterocycles. The fraction of sp³-hybridized carbons (Fsp3) is 0.820. The van der Waals surface area contributed by atoms with Crippen molar-refractivity contribution in [1.82, 2.24) is 0 Å². The molecule has 0 aliphatic heterocycles. The van der Waals surface area contributed by atoms with Crippen molar-refractivity contribution in [3.05, 3.63) is 48.6 Å². The molecule has 4 nitrogen and oxygen atoms in total. The summed E-state index contributed by atoms with van der Waals surface area (Å²) in [7, 11) is 0. The maximum absolute atomic E-state index is 12.2. The normalized spacial score (nSPS) is 12.7. The van der Waals surface area contributed by atoms with E-state index >= 15 is 0 Å². The molecular formula is C50H92O4. The molecule has 0 bridgehead atoms. The fourth-order valence-electron chi connectivity index (χ4n) is 6.80. The zero-order valence-corrected chi connectivity index (χ0v) is 36.2. The molecule has 4 heteroatoms. The van der Waals surface area contributed by atoms with Gasteiger partial charge in [0, 0.05) is 13.0 Å². The van der Waals surface area contributed by atoms with E-state index in [4.69, 9.17) is 9.47 Å². The van der Waals surface area contributed by atoms with E-state index in [9.17, 15) is 9.90 Å². The van der Waals surface area contributed by atoms with E-state index in [2.05, 4.69) is 62.5 Å². The molecule has 0 aliphatic carbocycles. The zero-order chi connectivity index (χ0) is 39.1. The number of hydrogen-bond acceptors (Lipinski definition) is 4. The van der Waals surface area contributed by atoms with Crippen LogP contribution in [-0.2, 0) is 14.3 Å². The Kier molecular flexibility index (Phi) is 46.0. The number of esters is 1. The number of carbonyl (C=O) groups is 1. The number of hydrogen-bond donors (Lipinski definition) is 1. The Morgan fingerprint density at radius 1 is 0.444 bits per heavy atom. The second-order valence-electron chi connectivity index (χ2n) is 15.8. The maximum Gasteiger partial charge on any atom is 0.306 e. The maximum atomic E-state index is 12.2. The summed E-state index contributed by atoms with van der Waals surface area (Å²) in [5.41, 5.74) is 0. The minimum absolute atomic E-state index is 0.176. The largest absolute Gasteiger partial charge is 0.457 e. The Hall–Kier alpha value is -1.65. The zero-order valence-electron chi connectivity index (χ0n) is 36.2. The monoisotopic (exact) mass is 757 g/mol. The quantitative estimate of drug-likeness (QED) is 0.0382. The van der Waals surface area contributed by atoms with Crippen molar-refractivity contribution in [3.63, 3.8) is 0 Å². The third kappa shape index (κ3) is 44.7. The van der Waals surface area contributed by atoms with Gasteiger partial charge in [-0.3, -0.25) is 4.79 Å². The molecule has 0 heterocycles. The summed E-state index contributed by atoms with van der Waals surface area (Å²) in [5, 5.41) is 9.62. The average Bonchev–Trinajstić information content (AvgIpc) is 3.18. The van der Waals surface area contributed by atoms with Crippen LogP contribution in [-0.4, -0.2) is 37.0 Å². The number of unbranched alkanes of at least 4 members (excludes halogenated alkanes) is 28. The van der Waals surface area contributed by atoms with Crippen LogP contribution in [0.4, 0.5) is 0 Å². The lowest BCUT2D eigenvalue weighted by Gasteiger charge is -2.15. The summed E-state index contributed by atoms with van der Waals surface area (Å²) >= 11 is 0. The van der Waals surface area contributed by atoms with E-state index in [0.29, 0.717) is 13.0 Å². The first-order chi connectivity index (χ1) is 26.7. The number of ether oxygens (including phenoxy) is 2. The van der Waals surface area contributed by atoms with Crippen LogP contribution in [0.5, 0.6) is 0 Å². The van der Waals surface area contributed by atoms with Gasteiger partial charge < -0.3 is 14.6 Å². The highest BCUT2D eigenvalue weighted by Gasteiger charge is 2.13. The van der Waals surface area contributed by atoms with Gasteiger partial charge in [-0.2, -0.15) is 0 Å². The molecule has 0 aromatic carbocycles. The molecule has 316 valence electrons. The van der Waals surface area contributed by atoms with Crippen LogP contribution < -0.4 is 0 Å². The lowest BCUT2D eigenvalue weighted by molar-refractivity contribution is -0.154. The SMILES string of the molecule is CCCCCC/C=C\C/C=C\CCCCCCCCOCC(CO)OC(=O)CCCCCCCCCCCCCCC/C=C\C/C=C\CCCCCCC. The minimum atomic E-state index is -0.541. The molecule has 1 unspecified atom stereocenters. The number of aliphatic hydroxyl groups excluding tert-OH is 1. The van der Waals surface area contributed by atoms with E-state index in [0.717, 1.165) is 32.1 Å². The van der Waals surface area contributed by atoms with Gasteiger partial charge in [0.15, 0.2) is 0 Å². The first-order valence-electron chi connectivity index (χ1n) is 23.7. The topological polar surface area (TPSA) is 55.8 Å². The molecule has 0 fully saturated rings. The third-order valence-corrected chi connectivity index (χ3v) is 10.4. The van der Waals surface area contributed by atoms with Crippen LogP contribution in [0.3, 0.4) is 0 Å². The summed E-state index contributed by atoms with van der Waals surface area (Å²) < 4.78 is 11.2. The molecule has 0 rings (SSSR count). The number of aliphatic hydroxyl groups is 1. The molecule has 54 heavy (non-hydrogen) atoms. The average molecular weight is 757 g/mol. The van der Waals surface area contributed by atoms with E-state index in [1.807, 2.05) is 0 Å². The highest BCUT2D eigenvalue weighted by molar-refractivity contribution is 5.69. The molecule has 0 spiro atoms. The number of rotatable bonds is 44. The van der Waals surface area contributed by atoms with E-state index in [1.54, 1.807) is 0 Å². The Balaban J connectivity index is 3.42. The van der Waals surface area contributed by atoms with Crippen LogP contribution in [0.2, 0.25) is 0 Å². The number of allylic oxidation sites excluding steroid dienone is 8. The molecule has 0 aliphatic rings. The summed E-state index contributed by atoms with van der Waals surface area (Å²) in [4.78, 5) is 12.2. The third-order valence-electron chi connectivity index (χ3n) is 10.4. The van der Waals surface area contributed by atoms with Crippen molar-refractivity contribution >= 4 is 5.97 Å². The minimum Gasteiger partial charge on any atom is -0.457 e. The van der Waals surface area contributed by atoms with Gasteiger partial charge in [-0.25, -0.2) is 0 Å². The second kappa shape index (κ2) is 47.5. The Labute approximate surface area is 337 Å². The molecule has 1 atom stereocenters. The first kappa shape index (κ1) is 52.3. The van der Waals surface area contributed by atoms with Crippen molar-refractivity contribution in [2.75, 3.05) is 19.8 Å². The molecule has 0 amide bonds. The highest BCUT2D eigenvalue weighted by Crippen LogP contribution is 2.15. The highest BCUT2D eigenvalue weighted by atomic mass is 16.6. The van der Waals surface area contributed by atoms with Gasteiger partial charge in [-0.15, -0.1) is 0 Å². The predicted molar refractivity (Wildman–Crippen MR) is 237 cm³/mol. The molecule has 0 saturated carbocycles. The lowest BCUT2D eigenvalue weighted by atomic mass is 10.0. The Bertz CT molecular complexity index is 844. The summed E-state index contributed by atoms with van der Waals surface area (Å²) in [6.45, 7) is 5.32. The van der Waals surface area contributed by atoms with Crippen LogP contribution in [0.15, 0.2) is 48.6 Å². The predicted octanol–water partition coefficient (Wildman–Crippen LogP) is 15.8. The van der Waals surface area contributed by atoms with Crippen LogP contribution in [0, 0.1) is 0 Å². The van der Waals surface area contributed by atoms with Gasteiger partial charge in [0.2, 0.25) is 0 Å². The molecular weight excluding hydrogens is 665 g/mol. The van der Waals surface area contributed by atoms with Gasteiger partial charge in [0.05, 0.1) is 13.2 Å². The first-order valence-corrected chi connectivity index (χ1v) is 23.7. The van der Waals surface area contributed by atoms with Crippen molar-refractivity contribution in [2.24, 2.45) is 0 Å². The van der Waals surface area contributed by atoms with Crippen molar-refractivity contribution in [1.29, 1.82) is 0 Å². The van der Waals surface area contributed by atoms with Gasteiger partial charge in [-0.05, 0) is 77.0 Å². The summed E-state index contributed by atoms with van der Waals surface area (Å²) in [6.07, 6.45) is 61.8. The standard InChI is InChI=1S/C50H92O4/c1-3-5-7-9-11-13-15-17-19-21-22-23-24-25-26-27-28-29-31-33-35-37-39-41-43-45-50(52)54-49(47-51)48-53-46-44-42-40-38-36-34-32-30-20-18-16-14-12-10-8-6-4-2/h14-17,20-22,30,49,51H,3-13,18-19,23-29,31-48H2,1-2H3/b16-14-,17-15-,22-21-,30-20-. The fourth-order valence-corrected chi connectivity index (χ4v) is 6.80. The van der Waals surface area contributed by atoms with Gasteiger partial charge in [-0.1, -0.05) is 204 Å². The smallest absolute Gasteiger partial charge is 0.306 e. The Morgan fingerprint density at radius 3 is 1.17 bits per heavy atom. The molecule has 0 aromatic rings. The van der Waals surface area contributed by atoms with Crippen molar-refractivity contribution in [2.45, 2.75) is 245 Å². The van der Waals surface area contributed by atoms with Crippen molar-refractivity contribution < 1.29 is 19.4 Å². The van der Waals surface area contributed by atoms with Crippen LogP contribution in [0.1, 0.15) is 239 Å². The lowest BCUT2D eigenvalue weighted by Crippen LogP contribution is -2.27. The Morgan fingerprint density at radius 2 is 0.778 bits per heavy atom. The number of carbonyl (C=O) groups excluding carboxylic acids is 1. The van der Waals surface area contributed by atoms with Crippen LogP contribution >= 0.6 is 0 Å². The van der Waals surface area contributed by atoms with Gasteiger partial charge in [0.1, 0.15) is 6.10 Å². The van der Waals surface area contributed by atoms with Gasteiger partial charge >= 0.3 is 5.97 Å². The van der Waals surface area contributed by atoms with Crippen molar-refractivity contribution in [3.8, 4) is 0 Å². The van der Waals surface area contributed by atoms with Crippen LogP contribution in [0.25, 0.3) is 0 Å². The van der Waals surface area contributed by atoms with E-state index < -0.39 is 6.10 Å². The summed E-state index contributed by atoms with van der Waals surface area (Å²) in [6, 6.07) is 0. The van der Waals surface area contributed by atoms with E-state index in [-0.39, 0.29) is 19.2 Å².